The van der Waals surface area contributed by atoms with Crippen LogP contribution in [0.3, 0.4) is 0 Å². The predicted octanol–water partition coefficient (Wildman–Crippen LogP) is 4.23. The van der Waals surface area contributed by atoms with Gasteiger partial charge in [0.25, 0.3) is 11.8 Å². The maximum Gasteiger partial charge on any atom is 0.274 e. The summed E-state index contributed by atoms with van der Waals surface area (Å²) in [5, 5.41) is 5.87. The smallest absolute Gasteiger partial charge is 0.274 e. The number of nitrogens with zero attached hydrogens (tertiary/aromatic N) is 1. The first kappa shape index (κ1) is 20.6. The number of hydrogen-bond donors (Lipinski definition) is 2. The number of rotatable bonds is 8. The van der Waals surface area contributed by atoms with E-state index < -0.39 is 0 Å². The lowest BCUT2D eigenvalue weighted by Gasteiger charge is -2.14. The molecule has 0 aliphatic heterocycles. The Labute approximate surface area is 161 Å². The molecule has 1 aromatic heterocycles. The lowest BCUT2D eigenvalue weighted by Crippen LogP contribution is -2.26. The monoisotopic (exact) mass is 367 g/mol. The number of benzene rings is 1. The summed E-state index contributed by atoms with van der Waals surface area (Å²) in [6.45, 7) is 8.96. The molecule has 0 spiro atoms. The molecule has 0 unspecified atom stereocenters. The standard InChI is InChI=1S/C22H29N3O2/c1-5-16-8-7-9-17(6-2)20(16)25-22(27)19-14-18(11-13-23-19)21(26)24-12-10-15(3)4/h7-9,11,13-15H,5-6,10,12H2,1-4H3,(H,24,26)(H,25,27). The van der Waals surface area contributed by atoms with Gasteiger partial charge in [-0.2, -0.15) is 0 Å². The summed E-state index contributed by atoms with van der Waals surface area (Å²) in [6.07, 6.45) is 4.07. The van der Waals surface area contributed by atoms with Gasteiger partial charge in [-0.1, -0.05) is 45.9 Å². The number of aromatic nitrogens is 1. The van der Waals surface area contributed by atoms with E-state index in [1.807, 2.05) is 18.2 Å². The number of nitrogens with one attached hydrogen (secondary N) is 2. The second-order valence-electron chi connectivity index (χ2n) is 6.98. The van der Waals surface area contributed by atoms with Crippen LogP contribution in [-0.4, -0.2) is 23.3 Å². The van der Waals surface area contributed by atoms with Gasteiger partial charge < -0.3 is 10.6 Å². The Morgan fingerprint density at radius 1 is 1.04 bits per heavy atom. The number of carbonyl (C=O) groups excluding carboxylic acids is 2. The lowest BCUT2D eigenvalue weighted by molar-refractivity contribution is 0.0952. The number of carbonyl (C=O) groups is 2. The third-order valence-corrected chi connectivity index (χ3v) is 4.50. The number of aryl methyl sites for hydroxylation is 2. The van der Waals surface area contributed by atoms with Crippen LogP contribution in [0.1, 0.15) is 66.1 Å². The van der Waals surface area contributed by atoms with Crippen molar-refractivity contribution in [3.05, 3.63) is 58.9 Å². The van der Waals surface area contributed by atoms with E-state index in [0.29, 0.717) is 18.0 Å². The Morgan fingerprint density at radius 3 is 2.30 bits per heavy atom. The van der Waals surface area contributed by atoms with E-state index in [2.05, 4.69) is 43.3 Å². The van der Waals surface area contributed by atoms with Crippen molar-refractivity contribution in [2.75, 3.05) is 11.9 Å². The molecule has 0 radical (unpaired) electrons. The third-order valence-electron chi connectivity index (χ3n) is 4.50. The first-order chi connectivity index (χ1) is 13.0. The van der Waals surface area contributed by atoms with Crippen LogP contribution < -0.4 is 10.6 Å². The Bertz CT molecular complexity index is 778. The van der Waals surface area contributed by atoms with Gasteiger partial charge in [-0.05, 0) is 48.4 Å². The van der Waals surface area contributed by atoms with Gasteiger partial charge in [-0.3, -0.25) is 14.6 Å². The molecule has 0 saturated heterocycles. The van der Waals surface area contributed by atoms with Crippen LogP contribution in [0.4, 0.5) is 5.69 Å². The Balaban J connectivity index is 2.15. The molecule has 2 N–H and O–H groups in total. The number of pyridine rings is 1. The largest absolute Gasteiger partial charge is 0.352 e. The quantitative estimate of drug-likeness (QED) is 0.733. The van der Waals surface area contributed by atoms with Crippen LogP contribution in [0.2, 0.25) is 0 Å². The third kappa shape index (κ3) is 5.64. The zero-order chi connectivity index (χ0) is 19.8. The molecule has 1 aromatic carbocycles. The van der Waals surface area contributed by atoms with Gasteiger partial charge in [-0.25, -0.2) is 0 Å². The maximum atomic E-state index is 12.7. The molecule has 0 atom stereocenters. The molecule has 5 heteroatoms. The predicted molar refractivity (Wildman–Crippen MR) is 109 cm³/mol. The van der Waals surface area contributed by atoms with Gasteiger partial charge >= 0.3 is 0 Å². The molecule has 0 aliphatic rings. The molecule has 0 bridgehead atoms. The highest BCUT2D eigenvalue weighted by Crippen LogP contribution is 2.23. The zero-order valence-corrected chi connectivity index (χ0v) is 16.6. The van der Waals surface area contributed by atoms with Crippen molar-refractivity contribution < 1.29 is 9.59 Å². The highest BCUT2D eigenvalue weighted by Gasteiger charge is 2.15. The van der Waals surface area contributed by atoms with Crippen LogP contribution in [0.15, 0.2) is 36.5 Å². The summed E-state index contributed by atoms with van der Waals surface area (Å²) in [5.74, 6) is 0.0354. The normalized spacial score (nSPS) is 10.7. The zero-order valence-electron chi connectivity index (χ0n) is 16.6. The van der Waals surface area contributed by atoms with Crippen molar-refractivity contribution in [3.63, 3.8) is 0 Å². The van der Waals surface area contributed by atoms with Crippen LogP contribution in [0.5, 0.6) is 0 Å². The minimum absolute atomic E-state index is 0.185. The van der Waals surface area contributed by atoms with Gasteiger partial charge in [0, 0.05) is 24.0 Å². The van der Waals surface area contributed by atoms with Crippen molar-refractivity contribution in [1.82, 2.24) is 10.3 Å². The second-order valence-corrected chi connectivity index (χ2v) is 6.98. The Morgan fingerprint density at radius 2 is 1.70 bits per heavy atom. The van der Waals surface area contributed by atoms with Crippen molar-refractivity contribution in [3.8, 4) is 0 Å². The molecule has 2 amide bonds. The average molecular weight is 367 g/mol. The minimum atomic E-state index is -0.303. The van der Waals surface area contributed by atoms with Gasteiger partial charge in [0.2, 0.25) is 0 Å². The van der Waals surface area contributed by atoms with Crippen molar-refractivity contribution in [2.45, 2.75) is 47.0 Å². The fourth-order valence-corrected chi connectivity index (χ4v) is 2.85. The molecule has 1 heterocycles. The van der Waals surface area contributed by atoms with Crippen molar-refractivity contribution >= 4 is 17.5 Å². The van der Waals surface area contributed by atoms with Gasteiger partial charge in [0.05, 0.1) is 0 Å². The van der Waals surface area contributed by atoms with E-state index in [4.69, 9.17) is 0 Å². The summed E-state index contributed by atoms with van der Waals surface area (Å²) in [5.41, 5.74) is 3.70. The number of para-hydroxylation sites is 1. The van der Waals surface area contributed by atoms with Crippen molar-refractivity contribution in [2.24, 2.45) is 5.92 Å². The SMILES string of the molecule is CCc1cccc(CC)c1NC(=O)c1cc(C(=O)NCCC(C)C)ccn1. The average Bonchev–Trinajstić information content (AvgIpc) is 2.67. The summed E-state index contributed by atoms with van der Waals surface area (Å²) in [4.78, 5) is 29.2. The van der Waals surface area contributed by atoms with Gasteiger partial charge in [0.15, 0.2) is 0 Å². The molecule has 2 aromatic rings. The minimum Gasteiger partial charge on any atom is -0.352 e. The first-order valence-electron chi connectivity index (χ1n) is 9.62. The van der Waals surface area contributed by atoms with E-state index in [1.165, 1.54) is 6.20 Å². The highest BCUT2D eigenvalue weighted by molar-refractivity contribution is 6.05. The van der Waals surface area contributed by atoms with Gasteiger partial charge in [-0.15, -0.1) is 0 Å². The van der Waals surface area contributed by atoms with Gasteiger partial charge in [0.1, 0.15) is 5.69 Å². The van der Waals surface area contributed by atoms with E-state index in [0.717, 1.165) is 36.1 Å². The highest BCUT2D eigenvalue weighted by atomic mass is 16.2. The number of amides is 2. The summed E-state index contributed by atoms with van der Waals surface area (Å²) in [6, 6.07) is 9.20. The summed E-state index contributed by atoms with van der Waals surface area (Å²) >= 11 is 0. The Hall–Kier alpha value is -2.69. The fourth-order valence-electron chi connectivity index (χ4n) is 2.85. The van der Waals surface area contributed by atoms with Crippen LogP contribution in [0.25, 0.3) is 0 Å². The Kier molecular flexibility index (Phi) is 7.53. The molecule has 144 valence electrons. The molecular weight excluding hydrogens is 338 g/mol. The van der Waals surface area contributed by atoms with E-state index in [-0.39, 0.29) is 17.5 Å². The van der Waals surface area contributed by atoms with Crippen LogP contribution in [0, 0.1) is 5.92 Å². The molecule has 0 saturated carbocycles. The molecule has 0 fully saturated rings. The van der Waals surface area contributed by atoms with Crippen LogP contribution >= 0.6 is 0 Å². The lowest BCUT2D eigenvalue weighted by atomic mass is 10.0. The van der Waals surface area contributed by atoms with Crippen molar-refractivity contribution in [1.29, 1.82) is 0 Å². The van der Waals surface area contributed by atoms with E-state index in [9.17, 15) is 9.59 Å². The fraction of sp³-hybridized carbons (Fsp3) is 0.409. The second kappa shape index (κ2) is 9.86. The molecule has 5 nitrogen and oxygen atoms in total. The van der Waals surface area contributed by atoms with E-state index >= 15 is 0 Å². The first-order valence-corrected chi connectivity index (χ1v) is 9.62. The summed E-state index contributed by atoms with van der Waals surface area (Å²) in [7, 11) is 0. The topological polar surface area (TPSA) is 71.1 Å². The van der Waals surface area contributed by atoms with Crippen LogP contribution in [-0.2, 0) is 12.8 Å². The summed E-state index contributed by atoms with van der Waals surface area (Å²) < 4.78 is 0. The molecule has 2 rings (SSSR count). The maximum absolute atomic E-state index is 12.7. The number of hydrogen-bond acceptors (Lipinski definition) is 3. The van der Waals surface area contributed by atoms with E-state index in [1.54, 1.807) is 12.1 Å². The molecule has 0 aliphatic carbocycles. The molecular formula is C22H29N3O2. The number of anilines is 1. The molecule has 27 heavy (non-hydrogen) atoms.